The molecule has 0 bridgehead atoms. The SMILES string of the molecule is C[C@H](Sc1nc2sc3c(c2c(=O)n1-c1ccc(OC(F)F)cc1)CCCC3)C(=O)c1ccc(Cl)cc1. The molecular weight excluding hydrogens is 526 g/mol. The first kappa shape index (κ1) is 24.9. The lowest BCUT2D eigenvalue weighted by molar-refractivity contribution is -0.0498. The Balaban J connectivity index is 1.60. The molecule has 0 N–H and O–H groups in total. The summed E-state index contributed by atoms with van der Waals surface area (Å²) in [5.41, 5.74) is 1.79. The van der Waals surface area contributed by atoms with Crippen LogP contribution in [0.15, 0.2) is 58.5 Å². The van der Waals surface area contributed by atoms with Crippen molar-refractivity contribution in [3.05, 3.63) is 79.9 Å². The molecule has 0 saturated carbocycles. The van der Waals surface area contributed by atoms with Gasteiger partial charge in [0.15, 0.2) is 10.9 Å². The summed E-state index contributed by atoms with van der Waals surface area (Å²) in [5.74, 6) is -0.132. The monoisotopic (exact) mass is 546 g/mol. The zero-order valence-electron chi connectivity index (χ0n) is 19.2. The van der Waals surface area contributed by atoms with E-state index >= 15 is 0 Å². The number of benzene rings is 2. The van der Waals surface area contributed by atoms with Gasteiger partial charge in [0.2, 0.25) is 0 Å². The van der Waals surface area contributed by atoms with Crippen LogP contribution in [-0.2, 0) is 12.8 Å². The van der Waals surface area contributed by atoms with Crippen LogP contribution in [0.25, 0.3) is 15.9 Å². The number of aromatic nitrogens is 2. The first-order valence-electron chi connectivity index (χ1n) is 11.4. The molecule has 0 spiro atoms. The van der Waals surface area contributed by atoms with Gasteiger partial charge >= 0.3 is 6.61 Å². The molecular formula is C26H21ClF2N2O3S2. The van der Waals surface area contributed by atoms with Crippen molar-refractivity contribution in [2.45, 2.75) is 49.6 Å². The Hall–Kier alpha value is -2.75. The summed E-state index contributed by atoms with van der Waals surface area (Å²) in [5, 5.41) is 0.957. The van der Waals surface area contributed by atoms with Gasteiger partial charge in [-0.3, -0.25) is 14.2 Å². The lowest BCUT2D eigenvalue weighted by atomic mass is 9.97. The third-order valence-electron chi connectivity index (χ3n) is 6.06. The largest absolute Gasteiger partial charge is 0.435 e. The van der Waals surface area contributed by atoms with Gasteiger partial charge in [-0.15, -0.1) is 11.3 Å². The Bertz CT molecular complexity index is 1480. The zero-order valence-corrected chi connectivity index (χ0v) is 21.6. The predicted molar refractivity (Wildman–Crippen MR) is 140 cm³/mol. The first-order valence-corrected chi connectivity index (χ1v) is 13.5. The van der Waals surface area contributed by atoms with Gasteiger partial charge in [-0.05, 0) is 86.7 Å². The highest BCUT2D eigenvalue weighted by Crippen LogP contribution is 2.36. The molecule has 1 aliphatic carbocycles. The van der Waals surface area contributed by atoms with Crippen molar-refractivity contribution in [2.24, 2.45) is 0 Å². The summed E-state index contributed by atoms with van der Waals surface area (Å²) in [7, 11) is 0. The molecule has 0 fully saturated rings. The van der Waals surface area contributed by atoms with Gasteiger partial charge in [0.1, 0.15) is 10.6 Å². The second-order valence-corrected chi connectivity index (χ2v) is 11.3. The fraction of sp³-hybridized carbons (Fsp3) is 0.269. The van der Waals surface area contributed by atoms with E-state index in [0.717, 1.165) is 31.2 Å². The Morgan fingerprint density at radius 3 is 2.50 bits per heavy atom. The van der Waals surface area contributed by atoms with Crippen molar-refractivity contribution in [2.75, 3.05) is 0 Å². The van der Waals surface area contributed by atoms with Gasteiger partial charge in [-0.25, -0.2) is 4.98 Å². The van der Waals surface area contributed by atoms with E-state index in [2.05, 4.69) is 4.74 Å². The average molecular weight is 547 g/mol. The standard InChI is InChI=1S/C26H21ClF2N2O3S2/c1-14(22(32)15-6-8-16(27)9-7-15)35-26-30-23-21(19-4-2-3-5-20(19)36-23)24(33)31(26)17-10-12-18(13-11-17)34-25(28)29/h6-14,25H,2-5H2,1H3/t14-/m0/s1. The Morgan fingerprint density at radius 2 is 1.81 bits per heavy atom. The number of fused-ring (bicyclic) bond motifs is 3. The number of rotatable bonds is 7. The predicted octanol–water partition coefficient (Wildman–Crippen LogP) is 6.94. The number of hydrogen-bond donors (Lipinski definition) is 0. The average Bonchev–Trinajstić information content (AvgIpc) is 3.23. The minimum Gasteiger partial charge on any atom is -0.435 e. The van der Waals surface area contributed by atoms with Crippen molar-refractivity contribution in [1.29, 1.82) is 0 Å². The highest BCUT2D eigenvalue weighted by Gasteiger charge is 2.25. The molecule has 0 radical (unpaired) electrons. The maximum absolute atomic E-state index is 13.9. The van der Waals surface area contributed by atoms with Crippen LogP contribution < -0.4 is 10.3 Å². The smallest absolute Gasteiger partial charge is 0.387 e. The molecule has 0 saturated heterocycles. The van der Waals surface area contributed by atoms with E-state index in [-0.39, 0.29) is 17.1 Å². The van der Waals surface area contributed by atoms with Crippen molar-refractivity contribution in [3.63, 3.8) is 0 Å². The maximum Gasteiger partial charge on any atom is 0.387 e. The minimum atomic E-state index is -2.94. The highest BCUT2D eigenvalue weighted by atomic mass is 35.5. The number of thioether (sulfide) groups is 1. The van der Waals surface area contributed by atoms with Crippen LogP contribution in [0.3, 0.4) is 0 Å². The second-order valence-electron chi connectivity index (χ2n) is 8.43. The number of hydrogen-bond acceptors (Lipinski definition) is 6. The van der Waals surface area contributed by atoms with Gasteiger partial charge < -0.3 is 4.74 Å². The van der Waals surface area contributed by atoms with Crippen molar-refractivity contribution in [3.8, 4) is 11.4 Å². The number of ketones is 1. The summed E-state index contributed by atoms with van der Waals surface area (Å²) in [6.45, 7) is -1.18. The number of nitrogens with zero attached hydrogens (tertiary/aromatic N) is 2. The molecule has 4 aromatic rings. The second kappa shape index (κ2) is 10.3. The quantitative estimate of drug-likeness (QED) is 0.143. The van der Waals surface area contributed by atoms with Crippen LogP contribution >= 0.6 is 34.7 Å². The highest BCUT2D eigenvalue weighted by molar-refractivity contribution is 8.00. The lowest BCUT2D eigenvalue weighted by Crippen LogP contribution is -2.24. The van der Waals surface area contributed by atoms with Crippen LogP contribution in [0.4, 0.5) is 8.78 Å². The number of halogens is 3. The Morgan fingerprint density at radius 1 is 1.11 bits per heavy atom. The number of thiophene rings is 1. The van der Waals surface area contributed by atoms with Crippen LogP contribution in [-0.4, -0.2) is 27.2 Å². The van der Waals surface area contributed by atoms with Crippen molar-refractivity contribution < 1.29 is 18.3 Å². The molecule has 1 aliphatic rings. The van der Waals surface area contributed by atoms with E-state index in [9.17, 15) is 18.4 Å². The molecule has 2 heterocycles. The van der Waals surface area contributed by atoms with E-state index in [1.165, 1.54) is 44.7 Å². The Labute approximate surface area is 219 Å². The first-order chi connectivity index (χ1) is 17.3. The molecule has 1 atom stereocenters. The molecule has 5 rings (SSSR count). The number of carbonyl (C=O) groups is 1. The molecule has 186 valence electrons. The molecule has 2 aromatic heterocycles. The summed E-state index contributed by atoms with van der Waals surface area (Å²) < 4.78 is 31.2. The molecule has 0 unspecified atom stereocenters. The molecule has 36 heavy (non-hydrogen) atoms. The van der Waals surface area contributed by atoms with Gasteiger partial charge in [0.25, 0.3) is 5.56 Å². The van der Waals surface area contributed by atoms with E-state index in [0.29, 0.717) is 31.6 Å². The van der Waals surface area contributed by atoms with E-state index in [1.54, 1.807) is 43.3 Å². The molecule has 0 aliphatic heterocycles. The summed E-state index contributed by atoms with van der Waals surface area (Å²) in [6, 6.07) is 12.5. The summed E-state index contributed by atoms with van der Waals surface area (Å²) >= 11 is 8.68. The summed E-state index contributed by atoms with van der Waals surface area (Å²) in [6.07, 6.45) is 3.84. The van der Waals surface area contributed by atoms with E-state index in [1.807, 2.05) is 0 Å². The third kappa shape index (κ3) is 4.92. The number of alkyl halides is 2. The molecule has 10 heteroatoms. The van der Waals surface area contributed by atoms with E-state index in [4.69, 9.17) is 16.6 Å². The van der Waals surface area contributed by atoms with Gasteiger partial charge in [-0.1, -0.05) is 23.4 Å². The van der Waals surface area contributed by atoms with Crippen molar-refractivity contribution >= 4 is 50.7 Å². The fourth-order valence-corrected chi connectivity index (χ4v) is 6.76. The molecule has 0 amide bonds. The van der Waals surface area contributed by atoms with Gasteiger partial charge in [0.05, 0.1) is 16.3 Å². The number of carbonyl (C=O) groups excluding carboxylic acids is 1. The summed E-state index contributed by atoms with van der Waals surface area (Å²) in [4.78, 5) is 33.6. The fourth-order valence-electron chi connectivity index (χ4n) is 4.33. The number of aryl methyl sites for hydroxylation is 2. The van der Waals surface area contributed by atoms with Gasteiger partial charge in [-0.2, -0.15) is 8.78 Å². The topological polar surface area (TPSA) is 61.2 Å². The van der Waals surface area contributed by atoms with Crippen LogP contribution in [0.1, 0.15) is 40.6 Å². The van der Waals surface area contributed by atoms with Crippen LogP contribution in [0, 0.1) is 0 Å². The van der Waals surface area contributed by atoms with Crippen LogP contribution in [0.2, 0.25) is 5.02 Å². The number of Topliss-reactive ketones (excluding diaryl/α,β-unsaturated/α-hetero) is 1. The van der Waals surface area contributed by atoms with Crippen LogP contribution in [0.5, 0.6) is 5.75 Å². The minimum absolute atomic E-state index is 0.00997. The molecule has 2 aromatic carbocycles. The van der Waals surface area contributed by atoms with Crippen molar-refractivity contribution in [1.82, 2.24) is 9.55 Å². The zero-order chi connectivity index (χ0) is 25.4. The Kier molecular flexibility index (Phi) is 7.14. The van der Waals surface area contributed by atoms with Gasteiger partial charge in [0, 0.05) is 15.5 Å². The normalized spacial score (nSPS) is 14.1. The van der Waals surface area contributed by atoms with E-state index < -0.39 is 11.9 Å². The molecule has 5 nitrogen and oxygen atoms in total. The third-order valence-corrected chi connectivity index (χ3v) is 8.55. The lowest BCUT2D eigenvalue weighted by Gasteiger charge is -2.16. The number of ether oxygens (including phenoxy) is 1. The maximum atomic E-state index is 13.9.